The van der Waals surface area contributed by atoms with Gasteiger partial charge >= 0.3 is 11.8 Å². The van der Waals surface area contributed by atoms with Gasteiger partial charge in [0.25, 0.3) is 5.78 Å². The summed E-state index contributed by atoms with van der Waals surface area (Å²) in [6.07, 6.45) is -1.70. The second-order valence-corrected chi connectivity index (χ2v) is 19.0. The Morgan fingerprint density at radius 2 is 0.984 bits per heavy atom. The fraction of sp³-hybridized carbons (Fsp3) is 0.0400. The van der Waals surface area contributed by atoms with E-state index in [0.717, 1.165) is 31.8 Å². The smallest absolute Gasteiger partial charge is 0.455 e. The van der Waals surface area contributed by atoms with Crippen LogP contribution in [0.4, 0.5) is 13.2 Å². The van der Waals surface area contributed by atoms with E-state index >= 15 is 0 Å². The number of halogens is 3. The first kappa shape index (κ1) is 47.5. The number of alkyl halides is 3. The Hall–Kier alpha value is -5.50. The van der Waals surface area contributed by atoms with Crippen LogP contribution in [0, 0.1) is 38.6 Å². The van der Waals surface area contributed by atoms with Crippen LogP contribution in [0.5, 0.6) is 5.75 Å². The molecule has 0 saturated carbocycles. The van der Waals surface area contributed by atoms with Crippen molar-refractivity contribution in [2.45, 2.75) is 13.1 Å². The molecule has 1 heterocycles. The van der Waals surface area contributed by atoms with Crippen LogP contribution in [0.1, 0.15) is 17.3 Å². The number of Topliss-reactive ketones (excluding diaryl/α,β-unsaturated/α-hetero) is 1. The molecule has 0 spiro atoms. The first-order valence-corrected chi connectivity index (χ1v) is 22.3. The number of allylic oxidation sites excluding steroid dienone is 3. The topological polar surface area (TPSA) is 102 Å². The number of fused-ring (bicyclic) bond motifs is 3. The molecular weight excluding hydrogens is 974 g/mol. The van der Waals surface area contributed by atoms with E-state index in [1.807, 2.05) is 165 Å². The van der Waals surface area contributed by atoms with E-state index in [1.54, 1.807) is 36.4 Å². The van der Waals surface area contributed by atoms with Crippen LogP contribution in [0.25, 0.3) is 21.7 Å². The van der Waals surface area contributed by atoms with E-state index in [9.17, 15) is 37.0 Å². The fourth-order valence-corrected chi connectivity index (χ4v) is 12.1. The molecule has 0 aliphatic carbocycles. The van der Waals surface area contributed by atoms with Crippen molar-refractivity contribution in [1.82, 2.24) is 0 Å². The molecule has 1 radical (unpaired) electrons. The van der Waals surface area contributed by atoms with Crippen LogP contribution >= 0.6 is 14.3 Å². The third kappa shape index (κ3) is 10.1. The quantitative estimate of drug-likeness (QED) is 0.0535. The van der Waals surface area contributed by atoms with Crippen molar-refractivity contribution in [3.8, 4) is 5.75 Å². The van der Waals surface area contributed by atoms with Gasteiger partial charge in [-0.25, -0.2) is 4.79 Å². The molecule has 0 unspecified atom stereocenters. The second-order valence-electron chi connectivity index (χ2n) is 13.4. The minimum absolute atomic E-state index is 0. The number of rotatable bonds is 8. The fourth-order valence-electron chi connectivity index (χ4n) is 6.77. The molecule has 0 bridgehead atoms. The van der Waals surface area contributed by atoms with Crippen LogP contribution in [0.15, 0.2) is 221 Å². The number of aromatic hydroxyl groups is 1. The number of ketones is 1. The predicted octanol–water partition coefficient (Wildman–Crippen LogP) is 10.8. The van der Waals surface area contributed by atoms with E-state index < -0.39 is 43.2 Å². The van der Waals surface area contributed by atoms with Crippen LogP contribution < -0.4 is 32.1 Å². The maximum atomic E-state index is 13.8. The van der Waals surface area contributed by atoms with Gasteiger partial charge in [-0.3, -0.25) is 4.79 Å². The molecule has 6 nitrogen and oxygen atoms in total. The molecule has 0 fully saturated rings. The van der Waals surface area contributed by atoms with Gasteiger partial charge in [0.15, 0.2) is 19.8 Å². The van der Waals surface area contributed by atoms with E-state index in [2.05, 4.69) is 6.58 Å². The Kier molecular flexibility index (Phi) is 16.1. The maximum Gasteiger partial charge on any atom is 0.455 e. The molecule has 0 amide bonds. The summed E-state index contributed by atoms with van der Waals surface area (Å²) in [7, 11) is -5.57. The molecule has 0 aliphatic heterocycles. The molecule has 0 aliphatic rings. The molecule has 7 aromatic carbocycles. The van der Waals surface area contributed by atoms with Gasteiger partial charge in [-0.05, 0) is 18.4 Å². The van der Waals surface area contributed by atoms with Crippen molar-refractivity contribution in [3.63, 3.8) is 0 Å². The molecule has 12 heteroatoms. The van der Waals surface area contributed by atoms with E-state index in [1.165, 1.54) is 6.07 Å². The molecule has 0 atom stereocenters. The molecule has 8 rings (SSSR count). The number of carbonyl (C=O) groups is 1. The molecule has 315 valence electrons. The van der Waals surface area contributed by atoms with Crippen molar-refractivity contribution in [1.29, 1.82) is 0 Å². The van der Waals surface area contributed by atoms with E-state index in [4.69, 9.17) is 4.42 Å². The van der Waals surface area contributed by atoms with Gasteiger partial charge < -0.3 is 18.7 Å². The summed E-state index contributed by atoms with van der Waals surface area (Å²) in [5.41, 5.74) is -3.00. The van der Waals surface area contributed by atoms with Crippen molar-refractivity contribution >= 4 is 68.3 Å². The van der Waals surface area contributed by atoms with Gasteiger partial charge in [-0.15, -0.1) is 0 Å². The van der Waals surface area contributed by atoms with Gasteiger partial charge in [0.2, 0.25) is 0 Å². The van der Waals surface area contributed by atoms with Gasteiger partial charge in [0, 0.05) is 75.8 Å². The minimum Gasteiger partial charge on any atom is -0.506 e. The van der Waals surface area contributed by atoms with Gasteiger partial charge in [0.05, 0.1) is 5.39 Å². The molecular formula is C50H39F3O6P2Tb. The molecule has 0 saturated heterocycles. The average molecular weight is 1010 g/mol. The molecule has 8 aromatic rings. The summed E-state index contributed by atoms with van der Waals surface area (Å²) in [6.45, 7) is 5.71. The Bertz CT molecular complexity index is 2830. The largest absolute Gasteiger partial charge is 0.506 e. The summed E-state index contributed by atoms with van der Waals surface area (Å²) < 4.78 is 69.8. The Morgan fingerprint density at radius 3 is 1.37 bits per heavy atom. The minimum atomic E-state index is -5.28. The zero-order valence-corrected chi connectivity index (χ0v) is 37.0. The van der Waals surface area contributed by atoms with Crippen molar-refractivity contribution in [2.24, 2.45) is 0 Å². The molecule has 1 N–H and O–H groups in total. The number of hydrogen-bond donors (Lipinski definition) is 1. The Morgan fingerprint density at radius 1 is 0.597 bits per heavy atom. The van der Waals surface area contributed by atoms with Crippen molar-refractivity contribution < 1.29 is 75.2 Å². The summed E-state index contributed by atoms with van der Waals surface area (Å²) in [4.78, 5) is 23.0. The normalized spacial score (nSPS) is 11.6. The molecule has 62 heavy (non-hydrogen) atoms. The van der Waals surface area contributed by atoms with E-state index in [-0.39, 0.29) is 49.6 Å². The third-order valence-corrected chi connectivity index (χ3v) is 16.0. The first-order valence-electron chi connectivity index (χ1n) is 18.9. The standard InChI is InChI=1S/C18H15OP.C17H17OP.C15H7F3O4.Tb/c19-20(16-10-4-1-5-11-16,17-12-6-2-7-13-17)18-14-8-3-9-15-18;1-3-15(4-2)19(18,16-11-7-5-8-12-16)17-13-9-6-10-14-17;16-15(17,18)13(20)10-11(19)9-6-5-7-3-1-2-4-8(7)12(9)22-14(10)21;/h1-15H;3-14H,1H2,2H3;1-6,19H;/b;15-4+;;. The summed E-state index contributed by atoms with van der Waals surface area (Å²) in [6, 6.07) is 57.9. The van der Waals surface area contributed by atoms with Crippen molar-refractivity contribution in [3.05, 3.63) is 228 Å². The van der Waals surface area contributed by atoms with Crippen molar-refractivity contribution in [2.75, 3.05) is 0 Å². The second kappa shape index (κ2) is 21.0. The SMILES string of the molecule is C=C/C(=C\C)P(=O)(c1ccccc1)c1ccccc1.O=C(c1c(O)c2ccc3ccccc3c2oc1=O)C(F)(F)F.O=P(c1ccccc1)(c1ccccc1)c1ccccc1.[Tb]. The Balaban J connectivity index is 0.000000175. The first-order chi connectivity index (χ1) is 29.3. The predicted molar refractivity (Wildman–Crippen MR) is 242 cm³/mol. The number of benzene rings is 7. The summed E-state index contributed by atoms with van der Waals surface area (Å²) >= 11 is 0. The number of carbonyl (C=O) groups excluding carboxylic acids is 1. The van der Waals surface area contributed by atoms with Crippen LogP contribution in [0.3, 0.4) is 0 Å². The van der Waals surface area contributed by atoms with Crippen LogP contribution in [-0.4, -0.2) is 17.1 Å². The number of hydrogen-bond acceptors (Lipinski definition) is 6. The van der Waals surface area contributed by atoms with Crippen LogP contribution in [-0.2, 0) is 9.13 Å². The summed E-state index contributed by atoms with van der Waals surface area (Å²) in [5, 5.41) is 16.0. The average Bonchev–Trinajstić information content (AvgIpc) is 3.30. The zero-order valence-electron chi connectivity index (χ0n) is 33.1. The summed E-state index contributed by atoms with van der Waals surface area (Å²) in [5.74, 6) is -3.46. The van der Waals surface area contributed by atoms with Gasteiger partial charge in [0.1, 0.15) is 11.3 Å². The van der Waals surface area contributed by atoms with Gasteiger partial charge in [-0.2, -0.15) is 13.2 Å². The van der Waals surface area contributed by atoms with Crippen LogP contribution in [0.2, 0.25) is 0 Å². The van der Waals surface area contributed by atoms with E-state index in [0.29, 0.717) is 10.8 Å². The van der Waals surface area contributed by atoms with Gasteiger partial charge in [-0.1, -0.05) is 201 Å². The Labute approximate surface area is 387 Å². The molecule has 1 aromatic heterocycles. The third-order valence-electron chi connectivity index (χ3n) is 9.72. The maximum absolute atomic E-state index is 13.8. The zero-order chi connectivity index (χ0) is 43.6. The monoisotopic (exact) mass is 1010 g/mol.